The van der Waals surface area contributed by atoms with Gasteiger partial charge >= 0.3 is 11.8 Å². The Hall–Kier alpha value is -4.32. The lowest BCUT2D eigenvalue weighted by atomic mass is 10.2. The summed E-state index contributed by atoms with van der Waals surface area (Å²) in [6.45, 7) is -0.0160. The molecule has 0 spiro atoms. The molecule has 1 heterocycles. The zero-order chi connectivity index (χ0) is 27.8. The molecular formula is C27H22ClFN4O5S. The second-order valence-corrected chi connectivity index (χ2v) is 10.6. The zero-order valence-electron chi connectivity index (χ0n) is 20.3. The van der Waals surface area contributed by atoms with E-state index in [-0.39, 0.29) is 29.4 Å². The van der Waals surface area contributed by atoms with Gasteiger partial charge in [-0.2, -0.15) is 9.41 Å². The van der Waals surface area contributed by atoms with Gasteiger partial charge in [0.25, 0.3) is 0 Å². The van der Waals surface area contributed by atoms with Gasteiger partial charge in [0.15, 0.2) is 0 Å². The van der Waals surface area contributed by atoms with E-state index in [1.165, 1.54) is 34.8 Å². The standard InChI is InChI=1S/C27H22ClFN4O5S/c28-20-8-6-19(7-9-20)17-33(39(36,37)25-4-2-1-3-5-25)18-24-15-14-23(38-24)16-30-32-27(35)26(34)31-22-12-10-21(29)11-13-22/h1-16H,17-18H2,(H,31,34)(H,32,35)/b30-16-. The molecule has 0 fully saturated rings. The van der Waals surface area contributed by atoms with E-state index < -0.39 is 27.7 Å². The van der Waals surface area contributed by atoms with Crippen molar-refractivity contribution < 1.29 is 26.8 Å². The van der Waals surface area contributed by atoms with Crippen molar-refractivity contribution in [2.45, 2.75) is 18.0 Å². The van der Waals surface area contributed by atoms with Crippen molar-refractivity contribution in [1.29, 1.82) is 0 Å². The molecule has 0 bridgehead atoms. The van der Waals surface area contributed by atoms with Gasteiger partial charge in [-0.1, -0.05) is 41.9 Å². The highest BCUT2D eigenvalue weighted by Gasteiger charge is 2.26. The van der Waals surface area contributed by atoms with Crippen LogP contribution in [0.4, 0.5) is 10.1 Å². The monoisotopic (exact) mass is 568 g/mol. The summed E-state index contributed by atoms with van der Waals surface area (Å²) in [4.78, 5) is 24.1. The van der Waals surface area contributed by atoms with Crippen molar-refractivity contribution in [3.05, 3.63) is 119 Å². The molecule has 2 N–H and O–H groups in total. The van der Waals surface area contributed by atoms with Crippen molar-refractivity contribution >= 4 is 45.3 Å². The van der Waals surface area contributed by atoms with Gasteiger partial charge < -0.3 is 9.73 Å². The fraction of sp³-hybridized carbons (Fsp3) is 0.0741. The van der Waals surface area contributed by atoms with Crippen LogP contribution in [0.5, 0.6) is 0 Å². The molecule has 1 aromatic heterocycles. The highest BCUT2D eigenvalue weighted by molar-refractivity contribution is 7.89. The Balaban J connectivity index is 1.42. The maximum atomic E-state index is 13.4. The number of benzene rings is 3. The minimum atomic E-state index is -3.88. The zero-order valence-corrected chi connectivity index (χ0v) is 21.8. The molecule has 2 amide bonds. The summed E-state index contributed by atoms with van der Waals surface area (Å²) >= 11 is 5.97. The number of hydrogen-bond donors (Lipinski definition) is 2. The normalized spacial score (nSPS) is 11.6. The van der Waals surface area contributed by atoms with Crippen molar-refractivity contribution in [2.24, 2.45) is 5.10 Å². The topological polar surface area (TPSA) is 121 Å². The molecule has 200 valence electrons. The van der Waals surface area contributed by atoms with Gasteiger partial charge in [-0.15, -0.1) is 0 Å². The predicted molar refractivity (Wildman–Crippen MR) is 144 cm³/mol. The third-order valence-corrected chi connectivity index (χ3v) is 7.39. The average molecular weight is 569 g/mol. The number of rotatable bonds is 9. The molecule has 0 radical (unpaired) electrons. The van der Waals surface area contributed by atoms with E-state index in [1.54, 1.807) is 54.6 Å². The van der Waals surface area contributed by atoms with Crippen LogP contribution in [0.3, 0.4) is 0 Å². The Morgan fingerprint density at radius 1 is 0.897 bits per heavy atom. The van der Waals surface area contributed by atoms with Crippen molar-refractivity contribution in [1.82, 2.24) is 9.73 Å². The molecule has 0 unspecified atom stereocenters. The van der Waals surface area contributed by atoms with Crippen LogP contribution in [-0.4, -0.2) is 30.8 Å². The second-order valence-electron chi connectivity index (χ2n) is 8.18. The highest BCUT2D eigenvalue weighted by atomic mass is 35.5. The van der Waals surface area contributed by atoms with Crippen LogP contribution >= 0.6 is 11.6 Å². The third kappa shape index (κ3) is 7.60. The van der Waals surface area contributed by atoms with Crippen LogP contribution in [-0.2, 0) is 32.7 Å². The first kappa shape index (κ1) is 27.7. The fourth-order valence-electron chi connectivity index (χ4n) is 3.41. The Kier molecular flexibility index (Phi) is 8.87. The first-order valence-corrected chi connectivity index (χ1v) is 13.3. The van der Waals surface area contributed by atoms with Crippen molar-refractivity contribution in [2.75, 3.05) is 5.32 Å². The number of carbonyl (C=O) groups is 2. The van der Waals surface area contributed by atoms with E-state index in [0.29, 0.717) is 10.8 Å². The number of nitrogens with one attached hydrogen (secondary N) is 2. The number of carbonyl (C=O) groups excluding carboxylic acids is 2. The second kappa shape index (κ2) is 12.5. The lowest BCUT2D eigenvalue weighted by Crippen LogP contribution is -2.32. The number of halogens is 2. The molecule has 4 aromatic rings. The Bertz CT molecular complexity index is 1570. The number of amides is 2. The van der Waals surface area contributed by atoms with Crippen LogP contribution in [0, 0.1) is 5.82 Å². The third-order valence-electron chi connectivity index (χ3n) is 5.33. The maximum Gasteiger partial charge on any atom is 0.329 e. The minimum absolute atomic E-state index is 0.0672. The van der Waals surface area contributed by atoms with Gasteiger partial charge in [0, 0.05) is 17.3 Å². The average Bonchev–Trinajstić information content (AvgIpc) is 3.38. The lowest BCUT2D eigenvalue weighted by molar-refractivity contribution is -0.136. The molecule has 0 saturated carbocycles. The molecule has 9 nitrogen and oxygen atoms in total. The summed E-state index contributed by atoms with van der Waals surface area (Å²) in [5.41, 5.74) is 3.03. The lowest BCUT2D eigenvalue weighted by Gasteiger charge is -2.21. The highest BCUT2D eigenvalue weighted by Crippen LogP contribution is 2.22. The number of hydrazone groups is 1. The van der Waals surface area contributed by atoms with Crippen LogP contribution in [0.1, 0.15) is 17.1 Å². The van der Waals surface area contributed by atoms with Crippen molar-refractivity contribution in [3.8, 4) is 0 Å². The van der Waals surface area contributed by atoms with Gasteiger partial charge in [-0.3, -0.25) is 9.59 Å². The van der Waals surface area contributed by atoms with Gasteiger partial charge in [-0.25, -0.2) is 18.2 Å². The molecule has 39 heavy (non-hydrogen) atoms. The molecule has 3 aromatic carbocycles. The van der Waals surface area contributed by atoms with E-state index in [1.807, 2.05) is 0 Å². The molecule has 0 aliphatic heterocycles. The minimum Gasteiger partial charge on any atom is -0.459 e. The Morgan fingerprint density at radius 3 is 2.28 bits per heavy atom. The van der Waals surface area contributed by atoms with Crippen molar-refractivity contribution in [3.63, 3.8) is 0 Å². The molecular weight excluding hydrogens is 547 g/mol. The van der Waals surface area contributed by atoms with E-state index in [4.69, 9.17) is 16.0 Å². The van der Waals surface area contributed by atoms with E-state index >= 15 is 0 Å². The van der Waals surface area contributed by atoms with Gasteiger partial charge in [-0.05, 0) is 66.2 Å². The smallest absolute Gasteiger partial charge is 0.329 e. The van der Waals surface area contributed by atoms with Gasteiger partial charge in [0.1, 0.15) is 17.3 Å². The van der Waals surface area contributed by atoms with E-state index in [2.05, 4.69) is 15.8 Å². The first-order chi connectivity index (χ1) is 18.7. The Morgan fingerprint density at radius 2 is 1.59 bits per heavy atom. The molecule has 0 atom stereocenters. The van der Waals surface area contributed by atoms with Gasteiger partial charge in [0.05, 0.1) is 17.7 Å². The molecule has 0 saturated heterocycles. The number of sulfonamides is 1. The van der Waals surface area contributed by atoms with E-state index in [9.17, 15) is 22.4 Å². The quantitative estimate of drug-likeness (QED) is 0.174. The number of anilines is 1. The SMILES string of the molecule is O=C(N/N=C\c1ccc(CN(Cc2ccc(Cl)cc2)S(=O)(=O)c2ccccc2)o1)C(=O)Nc1ccc(F)cc1. The van der Waals surface area contributed by atoms with Gasteiger partial charge in [0.2, 0.25) is 10.0 Å². The first-order valence-electron chi connectivity index (χ1n) is 11.5. The summed E-state index contributed by atoms with van der Waals surface area (Å²) in [6, 6.07) is 22.9. The van der Waals surface area contributed by atoms with Crippen LogP contribution < -0.4 is 10.7 Å². The number of hydrogen-bond acceptors (Lipinski definition) is 6. The van der Waals surface area contributed by atoms with Crippen LogP contribution in [0.15, 0.2) is 105 Å². The summed E-state index contributed by atoms with van der Waals surface area (Å²) in [5.74, 6) is -1.99. The molecule has 0 aliphatic rings. The number of furan rings is 1. The molecule has 12 heteroatoms. The molecule has 0 aliphatic carbocycles. The summed E-state index contributed by atoms with van der Waals surface area (Å²) in [6.07, 6.45) is 1.17. The summed E-state index contributed by atoms with van der Waals surface area (Å²) < 4.78 is 46.7. The fourth-order valence-corrected chi connectivity index (χ4v) is 4.95. The van der Waals surface area contributed by atoms with Crippen LogP contribution in [0.2, 0.25) is 5.02 Å². The van der Waals surface area contributed by atoms with Crippen LogP contribution in [0.25, 0.3) is 0 Å². The predicted octanol–water partition coefficient (Wildman–Crippen LogP) is 4.55. The van der Waals surface area contributed by atoms with E-state index in [0.717, 1.165) is 17.7 Å². The number of nitrogens with zero attached hydrogens (tertiary/aromatic N) is 2. The molecule has 4 rings (SSSR count). The Labute approximate surface area is 228 Å². The summed E-state index contributed by atoms with van der Waals surface area (Å²) in [5, 5.41) is 6.54. The maximum absolute atomic E-state index is 13.4. The summed E-state index contributed by atoms with van der Waals surface area (Å²) in [7, 11) is -3.88. The largest absolute Gasteiger partial charge is 0.459 e.